The van der Waals surface area contributed by atoms with Crippen LogP contribution in [0.2, 0.25) is 0 Å². The van der Waals surface area contributed by atoms with E-state index in [0.29, 0.717) is 18.5 Å². The first-order chi connectivity index (χ1) is 9.95. The maximum atomic E-state index is 11.1. The average molecular weight is 284 g/mol. The molecule has 0 saturated carbocycles. The normalized spacial score (nSPS) is 11.5. The molecule has 2 aromatic rings. The van der Waals surface area contributed by atoms with Crippen molar-refractivity contribution in [1.29, 1.82) is 0 Å². The molecule has 0 spiro atoms. The van der Waals surface area contributed by atoms with Crippen molar-refractivity contribution in [2.45, 2.75) is 12.8 Å². The van der Waals surface area contributed by atoms with Crippen LogP contribution in [0.1, 0.15) is 12.0 Å². The maximum Gasteiger partial charge on any atom is 0.289 e. The Hall–Kier alpha value is -2.82. The van der Waals surface area contributed by atoms with Gasteiger partial charge in [-0.15, -0.1) is 0 Å². The van der Waals surface area contributed by atoms with Gasteiger partial charge in [0.2, 0.25) is 5.78 Å². The number of aromatic hydroxyl groups is 1. The van der Waals surface area contributed by atoms with Crippen LogP contribution in [0.3, 0.4) is 0 Å². The molecule has 108 valence electrons. The Morgan fingerprint density at radius 2 is 1.71 bits per heavy atom. The van der Waals surface area contributed by atoms with Crippen LogP contribution in [0.4, 0.5) is 0 Å². The van der Waals surface area contributed by atoms with E-state index in [1.54, 1.807) is 12.1 Å². The van der Waals surface area contributed by atoms with Crippen molar-refractivity contribution < 1.29 is 14.7 Å². The minimum absolute atomic E-state index is 0.229. The van der Waals surface area contributed by atoms with E-state index >= 15 is 0 Å². The lowest BCUT2D eigenvalue weighted by molar-refractivity contribution is -0.133. The molecule has 0 aliphatic heterocycles. The summed E-state index contributed by atoms with van der Waals surface area (Å²) >= 11 is 0. The molecule has 0 saturated heterocycles. The first kappa shape index (κ1) is 14.6. The molecule has 0 unspecified atom stereocenters. The number of aryl methyl sites for hydroxylation is 1. The van der Waals surface area contributed by atoms with Crippen LogP contribution < -0.4 is 11.5 Å². The molecule has 21 heavy (non-hydrogen) atoms. The number of benzene rings is 2. The molecular formula is C16H16N2O3. The van der Waals surface area contributed by atoms with E-state index in [4.69, 9.17) is 11.5 Å². The van der Waals surface area contributed by atoms with Gasteiger partial charge >= 0.3 is 0 Å². The number of ketones is 1. The lowest BCUT2D eigenvalue weighted by atomic mass is 10.0. The Morgan fingerprint density at radius 3 is 2.43 bits per heavy atom. The van der Waals surface area contributed by atoms with E-state index in [-0.39, 0.29) is 5.75 Å². The van der Waals surface area contributed by atoms with Crippen molar-refractivity contribution in [2.24, 2.45) is 11.5 Å². The predicted octanol–water partition coefficient (Wildman–Crippen LogP) is 1.38. The van der Waals surface area contributed by atoms with Crippen molar-refractivity contribution in [3.8, 4) is 5.75 Å². The lowest BCUT2D eigenvalue weighted by Gasteiger charge is -2.05. The van der Waals surface area contributed by atoms with E-state index < -0.39 is 11.7 Å². The van der Waals surface area contributed by atoms with Crippen LogP contribution in [0.5, 0.6) is 5.75 Å². The number of hydrogen-bond acceptors (Lipinski definition) is 4. The fourth-order valence-corrected chi connectivity index (χ4v) is 2.04. The number of amides is 1. The number of carbonyl (C=O) groups is 2. The Bertz CT molecular complexity index is 735. The number of carbonyl (C=O) groups excluding carboxylic acids is 2. The molecule has 5 heteroatoms. The number of rotatable bonds is 5. The molecule has 0 bridgehead atoms. The Kier molecular flexibility index (Phi) is 4.23. The van der Waals surface area contributed by atoms with Crippen LogP contribution in [-0.4, -0.2) is 16.8 Å². The summed E-state index contributed by atoms with van der Waals surface area (Å²) < 4.78 is 0. The maximum absolute atomic E-state index is 11.1. The number of primary amides is 1. The number of nitrogens with two attached hydrogens (primary N) is 2. The summed E-state index contributed by atoms with van der Waals surface area (Å²) in [5, 5.41) is 11.4. The van der Waals surface area contributed by atoms with Gasteiger partial charge in [0.05, 0.1) is 0 Å². The molecule has 5 N–H and O–H groups in total. The quantitative estimate of drug-likeness (QED) is 0.569. The third kappa shape index (κ3) is 3.82. The highest BCUT2D eigenvalue weighted by Gasteiger charge is 2.06. The lowest BCUT2D eigenvalue weighted by Crippen LogP contribution is -2.22. The zero-order valence-corrected chi connectivity index (χ0v) is 11.4. The number of fused-ring (bicyclic) bond motifs is 1. The molecule has 0 atom stereocenters. The van der Waals surface area contributed by atoms with Crippen molar-refractivity contribution >= 4 is 22.5 Å². The van der Waals surface area contributed by atoms with Gasteiger partial charge in [0.15, 0.2) is 0 Å². The summed E-state index contributed by atoms with van der Waals surface area (Å²) in [4.78, 5) is 21.8. The molecule has 0 radical (unpaired) electrons. The van der Waals surface area contributed by atoms with Gasteiger partial charge in [-0.3, -0.25) is 9.59 Å². The fraction of sp³-hybridized carbons (Fsp3) is 0.125. The highest BCUT2D eigenvalue weighted by Crippen LogP contribution is 2.21. The molecule has 1 amide bonds. The summed E-state index contributed by atoms with van der Waals surface area (Å²) in [6.45, 7) is 0. The molecule has 5 nitrogen and oxygen atoms in total. The third-order valence-electron chi connectivity index (χ3n) is 3.15. The van der Waals surface area contributed by atoms with Crippen LogP contribution >= 0.6 is 0 Å². The van der Waals surface area contributed by atoms with Gasteiger partial charge in [0.25, 0.3) is 5.91 Å². The highest BCUT2D eigenvalue weighted by atomic mass is 16.3. The molecule has 0 aromatic heterocycles. The molecule has 2 rings (SSSR count). The second-order valence-corrected chi connectivity index (χ2v) is 4.81. The molecule has 0 aliphatic carbocycles. The minimum atomic E-state index is -1.01. The topological polar surface area (TPSA) is 106 Å². The number of phenolic OH excluding ortho intramolecular Hbond substituents is 1. The third-order valence-corrected chi connectivity index (χ3v) is 3.15. The molecule has 0 heterocycles. The second-order valence-electron chi connectivity index (χ2n) is 4.81. The zero-order valence-electron chi connectivity index (χ0n) is 11.4. The van der Waals surface area contributed by atoms with Gasteiger partial charge in [-0.2, -0.15) is 0 Å². The van der Waals surface area contributed by atoms with Crippen LogP contribution in [0.15, 0.2) is 48.2 Å². The van der Waals surface area contributed by atoms with Crippen molar-refractivity contribution in [3.05, 3.63) is 53.7 Å². The van der Waals surface area contributed by atoms with Crippen molar-refractivity contribution in [1.82, 2.24) is 0 Å². The van der Waals surface area contributed by atoms with Crippen LogP contribution in [0, 0.1) is 0 Å². The van der Waals surface area contributed by atoms with E-state index in [1.807, 2.05) is 24.3 Å². The Labute approximate surface area is 121 Å². The summed E-state index contributed by atoms with van der Waals surface area (Å²) in [5.74, 6) is -1.57. The Morgan fingerprint density at radius 1 is 1.05 bits per heavy atom. The minimum Gasteiger partial charge on any atom is -0.508 e. The van der Waals surface area contributed by atoms with Crippen LogP contribution in [0.25, 0.3) is 10.8 Å². The Balaban J connectivity index is 2.08. The first-order valence-electron chi connectivity index (χ1n) is 6.47. The van der Waals surface area contributed by atoms with E-state index in [0.717, 1.165) is 22.4 Å². The summed E-state index contributed by atoms with van der Waals surface area (Å²) in [7, 11) is 0. The van der Waals surface area contributed by atoms with E-state index in [2.05, 4.69) is 0 Å². The largest absolute Gasteiger partial charge is 0.508 e. The molecular weight excluding hydrogens is 268 g/mol. The molecule has 2 aromatic carbocycles. The van der Waals surface area contributed by atoms with Gasteiger partial charge in [0.1, 0.15) is 5.75 Å². The van der Waals surface area contributed by atoms with Crippen LogP contribution in [-0.2, 0) is 16.0 Å². The van der Waals surface area contributed by atoms with Gasteiger partial charge in [-0.05, 0) is 41.3 Å². The number of phenols is 1. The van der Waals surface area contributed by atoms with Gasteiger partial charge in [-0.25, -0.2) is 0 Å². The van der Waals surface area contributed by atoms with Gasteiger partial charge in [0, 0.05) is 11.8 Å². The fourth-order valence-electron chi connectivity index (χ4n) is 2.04. The van der Waals surface area contributed by atoms with E-state index in [1.165, 1.54) is 0 Å². The smallest absolute Gasteiger partial charge is 0.289 e. The number of allylic oxidation sites excluding steroid dienone is 1. The monoisotopic (exact) mass is 284 g/mol. The SMILES string of the molecule is NC(=O)C(=O)/C=C(\N)CCc1ccc2cc(O)ccc2c1. The average Bonchev–Trinajstić information content (AvgIpc) is 2.44. The highest BCUT2D eigenvalue weighted by molar-refractivity contribution is 6.40. The molecule has 0 aliphatic rings. The van der Waals surface area contributed by atoms with Gasteiger partial charge in [-0.1, -0.05) is 24.3 Å². The summed E-state index contributed by atoms with van der Waals surface area (Å²) in [6, 6.07) is 11.0. The van der Waals surface area contributed by atoms with Crippen molar-refractivity contribution in [3.63, 3.8) is 0 Å². The second kappa shape index (κ2) is 6.09. The summed E-state index contributed by atoms with van der Waals surface area (Å²) in [5.41, 5.74) is 11.9. The predicted molar refractivity (Wildman–Crippen MR) is 80.4 cm³/mol. The van der Waals surface area contributed by atoms with Crippen molar-refractivity contribution in [2.75, 3.05) is 0 Å². The zero-order chi connectivity index (χ0) is 15.4. The number of hydrogen-bond donors (Lipinski definition) is 3. The van der Waals surface area contributed by atoms with Gasteiger partial charge < -0.3 is 16.6 Å². The molecule has 0 fully saturated rings. The summed E-state index contributed by atoms with van der Waals surface area (Å²) in [6.07, 6.45) is 2.18. The first-order valence-corrected chi connectivity index (χ1v) is 6.47. The van der Waals surface area contributed by atoms with E-state index in [9.17, 15) is 14.7 Å². The standard InChI is InChI=1S/C16H16N2O3/c17-13(9-15(20)16(18)21)5-2-10-1-3-12-8-14(19)6-4-11(12)7-10/h1,3-4,6-9,19H,2,5,17H2,(H2,18,21)/b13-9-.